The number of nitrogens with two attached hydrogens (primary N) is 1. The van der Waals surface area contributed by atoms with Crippen LogP contribution in [0, 0.1) is 21.0 Å². The summed E-state index contributed by atoms with van der Waals surface area (Å²) < 4.78 is 0.884. The second-order valence-electron chi connectivity index (χ2n) is 1.76. The van der Waals surface area contributed by atoms with Crippen molar-refractivity contribution in [1.82, 2.24) is 0 Å². The van der Waals surface area contributed by atoms with Gasteiger partial charge in [-0.1, -0.05) is 0 Å². The third kappa shape index (κ3) is 1.39. The fraction of sp³-hybridized carbons (Fsp3) is 0. The maximum atomic E-state index is 8.52. The molecule has 0 aliphatic heterocycles. The molecule has 3 heteroatoms. The highest BCUT2D eigenvalue weighted by Gasteiger charge is 1.96. The van der Waals surface area contributed by atoms with Crippen LogP contribution in [0.1, 0.15) is 5.56 Å². The van der Waals surface area contributed by atoms with E-state index in [1.807, 2.05) is 6.07 Å². The Hall–Kier alpha value is -0.760. The molecule has 0 atom stereocenters. The van der Waals surface area contributed by atoms with E-state index in [4.69, 9.17) is 11.0 Å². The zero-order valence-electron chi connectivity index (χ0n) is 5.06. The molecule has 1 radical (unpaired) electrons. The summed E-state index contributed by atoms with van der Waals surface area (Å²) in [6, 6.07) is 8.14. The van der Waals surface area contributed by atoms with Crippen molar-refractivity contribution in [3.05, 3.63) is 27.3 Å². The van der Waals surface area contributed by atoms with Crippen LogP contribution in [-0.4, -0.2) is 0 Å². The van der Waals surface area contributed by atoms with Gasteiger partial charge in [0.15, 0.2) is 0 Å². The standard InChI is InChI=1S/C7H4IN2/c8-7-2-1-6(10)3-5(7)4-9/h2-3H,10H2. The van der Waals surface area contributed by atoms with Crippen LogP contribution in [0.2, 0.25) is 0 Å². The lowest BCUT2D eigenvalue weighted by Crippen LogP contribution is -1.87. The topological polar surface area (TPSA) is 49.8 Å². The molecule has 0 bridgehead atoms. The molecule has 0 aliphatic carbocycles. The van der Waals surface area contributed by atoms with Gasteiger partial charge in [0.2, 0.25) is 0 Å². The van der Waals surface area contributed by atoms with Crippen LogP contribution in [-0.2, 0) is 0 Å². The lowest BCUT2D eigenvalue weighted by molar-refractivity contribution is 1.46. The molecule has 1 aromatic rings. The Morgan fingerprint density at radius 2 is 2.40 bits per heavy atom. The third-order valence-electron chi connectivity index (χ3n) is 1.04. The van der Waals surface area contributed by atoms with Crippen LogP contribution in [0.15, 0.2) is 12.1 Å². The minimum atomic E-state index is 0.511. The molecule has 2 nitrogen and oxygen atoms in total. The number of nitrogen functional groups attached to an aromatic ring is 1. The summed E-state index contributed by atoms with van der Waals surface area (Å²) in [6.45, 7) is 0. The molecular weight excluding hydrogens is 239 g/mol. The average molecular weight is 243 g/mol. The van der Waals surface area contributed by atoms with Gasteiger partial charge in [-0.05, 0) is 34.7 Å². The van der Waals surface area contributed by atoms with Gasteiger partial charge in [-0.15, -0.1) is 0 Å². The van der Waals surface area contributed by atoms with Gasteiger partial charge in [0, 0.05) is 15.3 Å². The Labute approximate surface area is 72.8 Å². The van der Waals surface area contributed by atoms with Gasteiger partial charge in [-0.2, -0.15) is 5.26 Å². The molecule has 0 fully saturated rings. The van der Waals surface area contributed by atoms with Crippen LogP contribution in [0.5, 0.6) is 0 Å². The van der Waals surface area contributed by atoms with Crippen LogP contribution >= 0.6 is 22.6 Å². The number of rotatable bonds is 0. The first-order chi connectivity index (χ1) is 4.74. The quantitative estimate of drug-likeness (QED) is 0.555. The van der Waals surface area contributed by atoms with Crippen molar-refractivity contribution in [2.45, 2.75) is 0 Å². The van der Waals surface area contributed by atoms with E-state index in [-0.39, 0.29) is 0 Å². The summed E-state index contributed by atoms with van der Waals surface area (Å²) in [5, 5.41) is 8.52. The summed E-state index contributed by atoms with van der Waals surface area (Å²) in [4.78, 5) is 0. The number of hydrogen-bond acceptors (Lipinski definition) is 2. The molecule has 0 unspecified atom stereocenters. The molecule has 2 N–H and O–H groups in total. The first kappa shape index (κ1) is 7.35. The molecule has 0 saturated heterocycles. The first-order valence-corrected chi connectivity index (χ1v) is 3.68. The Bertz CT molecular complexity index is 288. The molecule has 0 heterocycles. The van der Waals surface area contributed by atoms with Crippen LogP contribution < -0.4 is 5.73 Å². The van der Waals surface area contributed by atoms with Gasteiger partial charge in [0.1, 0.15) is 6.07 Å². The Morgan fingerprint density at radius 1 is 1.70 bits per heavy atom. The van der Waals surface area contributed by atoms with Crippen molar-refractivity contribution in [3.8, 4) is 6.07 Å². The van der Waals surface area contributed by atoms with Crippen molar-refractivity contribution < 1.29 is 0 Å². The van der Waals surface area contributed by atoms with E-state index in [2.05, 4.69) is 28.7 Å². The summed E-state index contributed by atoms with van der Waals surface area (Å²) in [6.07, 6.45) is 0. The van der Waals surface area contributed by atoms with E-state index in [9.17, 15) is 0 Å². The number of halogens is 1. The lowest BCUT2D eigenvalue weighted by atomic mass is 10.2. The highest BCUT2D eigenvalue weighted by molar-refractivity contribution is 14.1. The summed E-state index contributed by atoms with van der Waals surface area (Å²) in [5.41, 5.74) is 6.51. The van der Waals surface area contributed by atoms with E-state index < -0.39 is 0 Å². The number of hydrogen-bond donors (Lipinski definition) is 1. The van der Waals surface area contributed by atoms with E-state index in [0.717, 1.165) is 3.57 Å². The van der Waals surface area contributed by atoms with Crippen molar-refractivity contribution in [2.75, 3.05) is 5.73 Å². The lowest BCUT2D eigenvalue weighted by Gasteiger charge is -1.94. The monoisotopic (exact) mass is 243 g/mol. The SMILES string of the molecule is N#Cc1cc(N)[c]cc1I. The maximum Gasteiger partial charge on any atom is 0.100 e. The van der Waals surface area contributed by atoms with Crippen molar-refractivity contribution >= 4 is 28.3 Å². The van der Waals surface area contributed by atoms with Crippen LogP contribution in [0.4, 0.5) is 5.69 Å². The third-order valence-corrected chi connectivity index (χ3v) is 1.94. The van der Waals surface area contributed by atoms with E-state index in [1.165, 1.54) is 0 Å². The predicted molar refractivity (Wildman–Crippen MR) is 47.1 cm³/mol. The second-order valence-corrected chi connectivity index (χ2v) is 2.92. The summed E-state index contributed by atoms with van der Waals surface area (Å²) in [5.74, 6) is 0. The summed E-state index contributed by atoms with van der Waals surface area (Å²) >= 11 is 2.07. The molecule has 49 valence electrons. The molecule has 0 spiro atoms. The van der Waals surface area contributed by atoms with Gasteiger partial charge in [0.25, 0.3) is 0 Å². The van der Waals surface area contributed by atoms with Gasteiger partial charge < -0.3 is 5.73 Å². The Balaban J connectivity index is 3.25. The second kappa shape index (κ2) is 2.88. The number of nitrogens with zero attached hydrogens (tertiary/aromatic N) is 1. The van der Waals surface area contributed by atoms with Crippen molar-refractivity contribution in [1.29, 1.82) is 5.26 Å². The largest absolute Gasteiger partial charge is 0.398 e. The number of nitriles is 1. The fourth-order valence-electron chi connectivity index (χ4n) is 0.576. The minimum Gasteiger partial charge on any atom is -0.398 e. The van der Waals surface area contributed by atoms with Crippen molar-refractivity contribution in [3.63, 3.8) is 0 Å². The molecule has 0 aliphatic rings. The fourth-order valence-corrected chi connectivity index (χ4v) is 1.01. The first-order valence-electron chi connectivity index (χ1n) is 2.61. The molecule has 0 amide bonds. The molecule has 1 rings (SSSR count). The zero-order valence-corrected chi connectivity index (χ0v) is 7.21. The Kier molecular flexibility index (Phi) is 2.12. The average Bonchev–Trinajstić information content (AvgIpc) is 1.94. The number of anilines is 1. The maximum absolute atomic E-state index is 8.52. The smallest absolute Gasteiger partial charge is 0.100 e. The van der Waals surface area contributed by atoms with Crippen molar-refractivity contribution in [2.24, 2.45) is 0 Å². The minimum absolute atomic E-state index is 0.511. The molecule has 0 saturated carbocycles. The Morgan fingerprint density at radius 3 is 2.90 bits per heavy atom. The molecule has 10 heavy (non-hydrogen) atoms. The molecular formula is C7H4IN2. The van der Waals surface area contributed by atoms with E-state index in [1.54, 1.807) is 12.1 Å². The van der Waals surface area contributed by atoms with Gasteiger partial charge >= 0.3 is 0 Å². The normalized spacial score (nSPS) is 8.80. The molecule has 1 aromatic carbocycles. The van der Waals surface area contributed by atoms with Crippen LogP contribution in [0.3, 0.4) is 0 Å². The summed E-state index contributed by atoms with van der Waals surface area (Å²) in [7, 11) is 0. The highest BCUT2D eigenvalue weighted by Crippen LogP contribution is 2.13. The van der Waals surface area contributed by atoms with Gasteiger partial charge in [0.05, 0.1) is 5.56 Å². The van der Waals surface area contributed by atoms with Gasteiger partial charge in [-0.3, -0.25) is 0 Å². The molecule has 0 aromatic heterocycles. The predicted octanol–water partition coefficient (Wildman–Crippen LogP) is 1.55. The number of benzene rings is 1. The van der Waals surface area contributed by atoms with E-state index in [0.29, 0.717) is 11.3 Å². The van der Waals surface area contributed by atoms with Crippen LogP contribution in [0.25, 0.3) is 0 Å². The van der Waals surface area contributed by atoms with E-state index >= 15 is 0 Å². The highest BCUT2D eigenvalue weighted by atomic mass is 127. The van der Waals surface area contributed by atoms with Gasteiger partial charge in [-0.25, -0.2) is 0 Å². The zero-order chi connectivity index (χ0) is 7.56.